The number of hydrogen-bond donors (Lipinski definition) is 1. The molecule has 1 aliphatic heterocycles. The standard InChI is InChI=1S/C12H16FNO/c1-9-3-2-4-11(12(9)13)15-8-10-5-6-14-7-10/h2-4,10,14H,5-8H2,1H3. The number of aryl methyl sites for hydroxylation is 1. The molecule has 1 aromatic carbocycles. The molecule has 0 bridgehead atoms. The highest BCUT2D eigenvalue weighted by Gasteiger charge is 2.16. The summed E-state index contributed by atoms with van der Waals surface area (Å²) in [5.74, 6) is 0.662. The normalized spacial score (nSPS) is 20.5. The molecule has 0 aliphatic carbocycles. The average Bonchev–Trinajstić information content (AvgIpc) is 2.73. The van der Waals surface area contributed by atoms with Crippen LogP contribution in [0.25, 0.3) is 0 Å². The number of hydrogen-bond acceptors (Lipinski definition) is 2. The van der Waals surface area contributed by atoms with Crippen LogP contribution < -0.4 is 10.1 Å². The van der Waals surface area contributed by atoms with Crippen molar-refractivity contribution in [2.75, 3.05) is 19.7 Å². The zero-order valence-electron chi connectivity index (χ0n) is 8.92. The molecule has 0 radical (unpaired) electrons. The lowest BCUT2D eigenvalue weighted by Crippen LogP contribution is -2.16. The van der Waals surface area contributed by atoms with E-state index >= 15 is 0 Å². The van der Waals surface area contributed by atoms with E-state index in [1.807, 2.05) is 6.07 Å². The largest absolute Gasteiger partial charge is 0.490 e. The van der Waals surface area contributed by atoms with Gasteiger partial charge in [0.2, 0.25) is 0 Å². The third-order valence-electron chi connectivity index (χ3n) is 2.79. The molecular formula is C12H16FNO. The lowest BCUT2D eigenvalue weighted by Gasteiger charge is -2.12. The van der Waals surface area contributed by atoms with Gasteiger partial charge in [0.1, 0.15) is 0 Å². The minimum Gasteiger partial charge on any atom is -0.490 e. The Labute approximate surface area is 89.4 Å². The Balaban J connectivity index is 1.95. The Morgan fingerprint density at radius 1 is 1.53 bits per heavy atom. The van der Waals surface area contributed by atoms with Crippen molar-refractivity contribution in [1.29, 1.82) is 0 Å². The highest BCUT2D eigenvalue weighted by atomic mass is 19.1. The van der Waals surface area contributed by atoms with Gasteiger partial charge in [0.25, 0.3) is 0 Å². The Hall–Kier alpha value is -1.09. The summed E-state index contributed by atoms with van der Waals surface area (Å²) >= 11 is 0. The number of benzene rings is 1. The molecule has 0 aromatic heterocycles. The van der Waals surface area contributed by atoms with Gasteiger partial charge in [0.05, 0.1) is 6.61 Å². The van der Waals surface area contributed by atoms with Crippen molar-refractivity contribution < 1.29 is 9.13 Å². The van der Waals surface area contributed by atoms with E-state index in [0.717, 1.165) is 19.5 Å². The summed E-state index contributed by atoms with van der Waals surface area (Å²) in [5, 5.41) is 3.26. The molecule has 1 fully saturated rings. The third kappa shape index (κ3) is 2.48. The molecule has 3 heteroatoms. The summed E-state index contributed by atoms with van der Waals surface area (Å²) in [7, 11) is 0. The Bertz CT molecular complexity index is 334. The number of ether oxygens (including phenoxy) is 1. The van der Waals surface area contributed by atoms with Crippen molar-refractivity contribution in [3.63, 3.8) is 0 Å². The molecular weight excluding hydrogens is 193 g/mol. The molecule has 1 unspecified atom stereocenters. The zero-order chi connectivity index (χ0) is 10.7. The quantitative estimate of drug-likeness (QED) is 0.823. The monoisotopic (exact) mass is 209 g/mol. The van der Waals surface area contributed by atoms with Crippen LogP contribution in [0.5, 0.6) is 5.75 Å². The Morgan fingerprint density at radius 3 is 3.13 bits per heavy atom. The van der Waals surface area contributed by atoms with E-state index in [-0.39, 0.29) is 5.82 Å². The summed E-state index contributed by atoms with van der Waals surface area (Å²) in [6.07, 6.45) is 1.12. The van der Waals surface area contributed by atoms with Gasteiger partial charge in [-0.2, -0.15) is 0 Å². The van der Waals surface area contributed by atoms with E-state index < -0.39 is 0 Å². The fraction of sp³-hybridized carbons (Fsp3) is 0.500. The van der Waals surface area contributed by atoms with Crippen LogP contribution in [-0.4, -0.2) is 19.7 Å². The van der Waals surface area contributed by atoms with Crippen LogP contribution in [-0.2, 0) is 0 Å². The molecule has 1 N–H and O–H groups in total. The predicted molar refractivity (Wildman–Crippen MR) is 57.6 cm³/mol. The lowest BCUT2D eigenvalue weighted by molar-refractivity contribution is 0.249. The van der Waals surface area contributed by atoms with Gasteiger partial charge in [-0.15, -0.1) is 0 Å². The molecule has 0 spiro atoms. The van der Waals surface area contributed by atoms with E-state index in [9.17, 15) is 4.39 Å². The van der Waals surface area contributed by atoms with Crippen molar-refractivity contribution in [1.82, 2.24) is 5.32 Å². The zero-order valence-corrected chi connectivity index (χ0v) is 8.92. The SMILES string of the molecule is Cc1cccc(OCC2CCNC2)c1F. The first kappa shape index (κ1) is 10.4. The van der Waals surface area contributed by atoms with E-state index in [4.69, 9.17) is 4.74 Å². The molecule has 1 aromatic rings. The highest BCUT2D eigenvalue weighted by Crippen LogP contribution is 2.21. The first-order chi connectivity index (χ1) is 7.27. The van der Waals surface area contributed by atoms with Crippen molar-refractivity contribution in [2.24, 2.45) is 5.92 Å². The molecule has 0 saturated carbocycles. The van der Waals surface area contributed by atoms with Crippen LogP contribution in [0.3, 0.4) is 0 Å². The highest BCUT2D eigenvalue weighted by molar-refractivity contribution is 5.30. The molecule has 15 heavy (non-hydrogen) atoms. The maximum Gasteiger partial charge on any atom is 0.167 e. The molecule has 1 heterocycles. The van der Waals surface area contributed by atoms with Gasteiger partial charge in [-0.1, -0.05) is 12.1 Å². The van der Waals surface area contributed by atoms with Gasteiger partial charge in [0.15, 0.2) is 11.6 Å². The molecule has 1 saturated heterocycles. The van der Waals surface area contributed by atoms with Crippen LogP contribution >= 0.6 is 0 Å². The minimum absolute atomic E-state index is 0.233. The van der Waals surface area contributed by atoms with E-state index in [1.54, 1.807) is 19.1 Å². The summed E-state index contributed by atoms with van der Waals surface area (Å²) in [6, 6.07) is 5.25. The summed E-state index contributed by atoms with van der Waals surface area (Å²) in [4.78, 5) is 0. The van der Waals surface area contributed by atoms with Crippen LogP contribution in [0, 0.1) is 18.7 Å². The van der Waals surface area contributed by atoms with Gasteiger partial charge >= 0.3 is 0 Å². The van der Waals surface area contributed by atoms with Gasteiger partial charge in [-0.25, -0.2) is 4.39 Å². The number of rotatable bonds is 3. The summed E-state index contributed by atoms with van der Waals surface area (Å²) < 4.78 is 19.0. The average molecular weight is 209 g/mol. The third-order valence-corrected chi connectivity index (χ3v) is 2.79. The summed E-state index contributed by atoms with van der Waals surface area (Å²) in [6.45, 7) is 4.38. The molecule has 2 nitrogen and oxygen atoms in total. The Morgan fingerprint density at radius 2 is 2.40 bits per heavy atom. The van der Waals surface area contributed by atoms with Gasteiger partial charge in [0, 0.05) is 12.5 Å². The first-order valence-electron chi connectivity index (χ1n) is 5.36. The second kappa shape index (κ2) is 4.62. The van der Waals surface area contributed by atoms with Crippen LogP contribution in [0.1, 0.15) is 12.0 Å². The van der Waals surface area contributed by atoms with Crippen molar-refractivity contribution in [2.45, 2.75) is 13.3 Å². The number of nitrogens with one attached hydrogen (secondary N) is 1. The molecule has 0 amide bonds. The molecule has 2 rings (SSSR count). The minimum atomic E-state index is -0.233. The fourth-order valence-electron chi connectivity index (χ4n) is 1.80. The van der Waals surface area contributed by atoms with Gasteiger partial charge < -0.3 is 10.1 Å². The predicted octanol–water partition coefficient (Wildman–Crippen LogP) is 2.12. The number of halogens is 1. The van der Waals surface area contributed by atoms with E-state index in [0.29, 0.717) is 23.8 Å². The lowest BCUT2D eigenvalue weighted by atomic mass is 10.1. The first-order valence-corrected chi connectivity index (χ1v) is 5.36. The van der Waals surface area contributed by atoms with Crippen LogP contribution in [0.2, 0.25) is 0 Å². The maximum atomic E-state index is 13.5. The van der Waals surface area contributed by atoms with Gasteiger partial charge in [-0.3, -0.25) is 0 Å². The van der Waals surface area contributed by atoms with E-state index in [2.05, 4.69) is 5.32 Å². The van der Waals surface area contributed by atoms with Crippen molar-refractivity contribution in [3.8, 4) is 5.75 Å². The Kier molecular flexibility index (Phi) is 3.21. The van der Waals surface area contributed by atoms with Crippen LogP contribution in [0.4, 0.5) is 4.39 Å². The van der Waals surface area contributed by atoms with E-state index in [1.165, 1.54) is 0 Å². The van der Waals surface area contributed by atoms with Crippen LogP contribution in [0.15, 0.2) is 18.2 Å². The molecule has 1 atom stereocenters. The van der Waals surface area contributed by atoms with Crippen molar-refractivity contribution >= 4 is 0 Å². The smallest absolute Gasteiger partial charge is 0.167 e. The molecule has 82 valence electrons. The topological polar surface area (TPSA) is 21.3 Å². The maximum absolute atomic E-state index is 13.5. The molecule has 1 aliphatic rings. The van der Waals surface area contributed by atoms with Crippen molar-refractivity contribution in [3.05, 3.63) is 29.6 Å². The summed E-state index contributed by atoms with van der Waals surface area (Å²) in [5.41, 5.74) is 0.636. The fourth-order valence-corrected chi connectivity index (χ4v) is 1.80. The second-order valence-electron chi connectivity index (χ2n) is 4.06. The second-order valence-corrected chi connectivity index (χ2v) is 4.06. The van der Waals surface area contributed by atoms with Gasteiger partial charge in [-0.05, 0) is 31.5 Å².